The number of nitrogens with zero attached hydrogens (tertiary/aromatic N) is 1. The van der Waals surface area contributed by atoms with Crippen LogP contribution in [-0.4, -0.2) is 24.8 Å². The third-order valence-corrected chi connectivity index (χ3v) is 4.09. The largest absolute Gasteiger partial charge is 0.285 e. The normalized spacial score (nSPS) is 11.4. The maximum absolute atomic E-state index is 10.9. The summed E-state index contributed by atoms with van der Waals surface area (Å²) in [5.41, 5.74) is 0.572. The average molecular weight is 276 g/mol. The van der Waals surface area contributed by atoms with Gasteiger partial charge in [-0.25, -0.2) is 13.6 Å². The van der Waals surface area contributed by atoms with E-state index in [4.69, 9.17) is 5.14 Å². The average Bonchev–Trinajstić information content (AvgIpc) is 2.14. The van der Waals surface area contributed by atoms with Gasteiger partial charge in [0, 0.05) is 11.3 Å². The van der Waals surface area contributed by atoms with Gasteiger partial charge < -0.3 is 0 Å². The molecule has 0 aromatic heterocycles. The fourth-order valence-electron chi connectivity index (χ4n) is 1.25. The summed E-state index contributed by atoms with van der Waals surface area (Å²) >= 11 is 1.12. The molecule has 17 heavy (non-hydrogen) atoms. The summed E-state index contributed by atoms with van der Waals surface area (Å²) in [5.74, 6) is -0.00805. The van der Waals surface area contributed by atoms with Crippen LogP contribution in [0.2, 0.25) is 0 Å². The molecule has 0 spiro atoms. The summed E-state index contributed by atoms with van der Waals surface area (Å²) in [4.78, 5) is 10.8. The molecular formula is C9H12N2O4S2. The molecule has 0 atom stereocenters. The molecule has 0 aliphatic rings. The first-order valence-electron chi connectivity index (χ1n) is 4.68. The van der Waals surface area contributed by atoms with Crippen molar-refractivity contribution in [2.75, 3.05) is 11.5 Å². The summed E-state index contributed by atoms with van der Waals surface area (Å²) in [6.45, 7) is 1.64. The Kier molecular flexibility index (Phi) is 4.49. The smallest absolute Gasteiger partial charge is 0.258 e. The van der Waals surface area contributed by atoms with Gasteiger partial charge >= 0.3 is 0 Å². The van der Waals surface area contributed by atoms with E-state index in [0.29, 0.717) is 10.5 Å². The van der Waals surface area contributed by atoms with E-state index < -0.39 is 14.9 Å². The topological polar surface area (TPSA) is 103 Å². The number of primary sulfonamides is 1. The molecule has 6 nitrogen and oxygen atoms in total. The lowest BCUT2D eigenvalue weighted by molar-refractivity contribution is -0.388. The van der Waals surface area contributed by atoms with Gasteiger partial charge in [-0.2, -0.15) is 0 Å². The molecule has 8 heteroatoms. The number of nitro benzene ring substituents is 1. The lowest BCUT2D eigenvalue weighted by atomic mass is 10.2. The Morgan fingerprint density at radius 3 is 2.65 bits per heavy atom. The van der Waals surface area contributed by atoms with Crippen molar-refractivity contribution < 1.29 is 13.3 Å². The van der Waals surface area contributed by atoms with Crippen molar-refractivity contribution in [1.82, 2.24) is 0 Å². The quantitative estimate of drug-likeness (QED) is 0.495. The summed E-state index contributed by atoms with van der Waals surface area (Å²) < 4.78 is 21.5. The van der Waals surface area contributed by atoms with E-state index in [1.807, 2.05) is 0 Å². The molecule has 0 unspecified atom stereocenters. The first-order chi connectivity index (χ1) is 7.81. The van der Waals surface area contributed by atoms with Crippen LogP contribution in [0.5, 0.6) is 0 Å². The molecule has 2 N–H and O–H groups in total. The van der Waals surface area contributed by atoms with Crippen molar-refractivity contribution in [2.24, 2.45) is 5.14 Å². The van der Waals surface area contributed by atoms with Crippen molar-refractivity contribution in [2.45, 2.75) is 11.8 Å². The fraction of sp³-hybridized carbons (Fsp3) is 0.333. The standard InChI is InChI=1S/C9H12N2O4S2/c1-7-3-2-4-8(9(7)11(12)13)16-5-6-17(10,14)15/h2-4H,5-6H2,1H3,(H2,10,14,15). The third-order valence-electron chi connectivity index (χ3n) is 2.01. The van der Waals surface area contributed by atoms with Crippen LogP contribution in [0.15, 0.2) is 23.1 Å². The lowest BCUT2D eigenvalue weighted by Gasteiger charge is -2.04. The van der Waals surface area contributed by atoms with Crippen molar-refractivity contribution in [3.05, 3.63) is 33.9 Å². The van der Waals surface area contributed by atoms with E-state index in [1.165, 1.54) is 0 Å². The lowest BCUT2D eigenvalue weighted by Crippen LogP contribution is -2.17. The molecule has 1 aromatic carbocycles. The van der Waals surface area contributed by atoms with Crippen LogP contribution in [0.1, 0.15) is 5.56 Å². The number of hydrogen-bond acceptors (Lipinski definition) is 5. The summed E-state index contributed by atoms with van der Waals surface area (Å²) in [5, 5.41) is 15.7. The third kappa shape index (κ3) is 4.33. The Labute approximate surface area is 103 Å². The second-order valence-electron chi connectivity index (χ2n) is 3.39. The number of nitro groups is 1. The van der Waals surface area contributed by atoms with Gasteiger partial charge in [0.05, 0.1) is 15.6 Å². The molecule has 0 aliphatic carbocycles. The molecule has 0 bridgehead atoms. The zero-order valence-electron chi connectivity index (χ0n) is 9.12. The second kappa shape index (κ2) is 5.48. The van der Waals surface area contributed by atoms with Gasteiger partial charge in [0.2, 0.25) is 10.0 Å². The van der Waals surface area contributed by atoms with Crippen molar-refractivity contribution >= 4 is 27.5 Å². The zero-order valence-corrected chi connectivity index (χ0v) is 10.8. The number of thioether (sulfide) groups is 1. The van der Waals surface area contributed by atoms with Gasteiger partial charge in [-0.15, -0.1) is 11.8 Å². The summed E-state index contributed by atoms with van der Waals surface area (Å²) in [7, 11) is -3.53. The molecule has 94 valence electrons. The van der Waals surface area contributed by atoms with Crippen LogP contribution < -0.4 is 5.14 Å². The predicted octanol–water partition coefficient (Wildman–Crippen LogP) is 1.28. The minimum absolute atomic E-state index is 0.0203. The van der Waals surface area contributed by atoms with Crippen molar-refractivity contribution in [1.29, 1.82) is 0 Å². The van der Waals surface area contributed by atoms with Crippen LogP contribution in [0.25, 0.3) is 0 Å². The molecule has 0 fully saturated rings. The Morgan fingerprint density at radius 2 is 2.12 bits per heavy atom. The van der Waals surface area contributed by atoms with E-state index in [1.54, 1.807) is 25.1 Å². The number of nitrogens with two attached hydrogens (primary N) is 1. The second-order valence-corrected chi connectivity index (χ2v) is 6.26. The van der Waals surface area contributed by atoms with Gasteiger partial charge in [0.1, 0.15) is 0 Å². The van der Waals surface area contributed by atoms with E-state index in [2.05, 4.69) is 0 Å². The van der Waals surface area contributed by atoms with Crippen molar-refractivity contribution in [3.8, 4) is 0 Å². The first-order valence-corrected chi connectivity index (χ1v) is 7.38. The van der Waals surface area contributed by atoms with Gasteiger partial charge in [0.25, 0.3) is 5.69 Å². The summed E-state index contributed by atoms with van der Waals surface area (Å²) in [6, 6.07) is 4.93. The van der Waals surface area contributed by atoms with Gasteiger partial charge in [-0.3, -0.25) is 10.1 Å². The molecule has 0 aliphatic heterocycles. The van der Waals surface area contributed by atoms with Crippen LogP contribution in [-0.2, 0) is 10.0 Å². The van der Waals surface area contributed by atoms with Crippen LogP contribution in [0.4, 0.5) is 5.69 Å². The number of aryl methyl sites for hydroxylation is 1. The molecule has 0 saturated carbocycles. The van der Waals surface area contributed by atoms with E-state index in [9.17, 15) is 18.5 Å². The highest BCUT2D eigenvalue weighted by Crippen LogP contribution is 2.31. The van der Waals surface area contributed by atoms with E-state index >= 15 is 0 Å². The maximum Gasteiger partial charge on any atom is 0.285 e. The number of para-hydroxylation sites is 1. The zero-order chi connectivity index (χ0) is 13.1. The molecule has 1 rings (SSSR count). The Bertz CT molecular complexity index is 528. The highest BCUT2D eigenvalue weighted by Gasteiger charge is 2.17. The molecule has 0 saturated heterocycles. The van der Waals surface area contributed by atoms with Crippen molar-refractivity contribution in [3.63, 3.8) is 0 Å². The number of rotatable bonds is 5. The van der Waals surface area contributed by atoms with Crippen LogP contribution in [0, 0.1) is 17.0 Å². The molecule has 0 heterocycles. The Hall–Kier alpha value is -1.12. The maximum atomic E-state index is 10.9. The van der Waals surface area contributed by atoms with Crippen LogP contribution in [0.3, 0.4) is 0 Å². The fourth-order valence-corrected chi connectivity index (χ4v) is 3.28. The SMILES string of the molecule is Cc1cccc(SCCS(N)(=O)=O)c1[N+](=O)[O-]. The monoisotopic (exact) mass is 276 g/mol. The van der Waals surface area contributed by atoms with E-state index in [-0.39, 0.29) is 17.2 Å². The Morgan fingerprint density at radius 1 is 1.47 bits per heavy atom. The van der Waals surface area contributed by atoms with Gasteiger partial charge in [0.15, 0.2) is 0 Å². The van der Waals surface area contributed by atoms with Crippen LogP contribution >= 0.6 is 11.8 Å². The molecular weight excluding hydrogens is 264 g/mol. The van der Waals surface area contributed by atoms with Gasteiger partial charge in [-0.05, 0) is 13.0 Å². The minimum atomic E-state index is -3.53. The highest BCUT2D eigenvalue weighted by molar-refractivity contribution is 8.00. The number of benzene rings is 1. The number of sulfonamides is 1. The minimum Gasteiger partial charge on any atom is -0.258 e. The molecule has 0 amide bonds. The molecule has 1 aromatic rings. The highest BCUT2D eigenvalue weighted by atomic mass is 32.2. The van der Waals surface area contributed by atoms with Gasteiger partial charge in [-0.1, -0.05) is 12.1 Å². The predicted molar refractivity (Wildman–Crippen MR) is 66.5 cm³/mol. The number of hydrogen-bond donors (Lipinski definition) is 1. The first kappa shape index (κ1) is 13.9. The molecule has 0 radical (unpaired) electrons. The van der Waals surface area contributed by atoms with E-state index in [0.717, 1.165) is 11.8 Å². The Balaban J connectivity index is 2.85. The summed E-state index contributed by atoms with van der Waals surface area (Å²) in [6.07, 6.45) is 0.